The van der Waals surface area contributed by atoms with E-state index < -0.39 is 10.0 Å². The molecule has 160 valence electrons. The van der Waals surface area contributed by atoms with Gasteiger partial charge in [0.1, 0.15) is 18.2 Å². The van der Waals surface area contributed by atoms with Crippen molar-refractivity contribution in [2.45, 2.75) is 18.4 Å². The van der Waals surface area contributed by atoms with E-state index in [9.17, 15) is 17.6 Å². The van der Waals surface area contributed by atoms with Crippen LogP contribution < -0.4 is 14.9 Å². The van der Waals surface area contributed by atoms with Crippen LogP contribution in [-0.2, 0) is 21.4 Å². The minimum Gasteiger partial charge on any atom is -0.489 e. The van der Waals surface area contributed by atoms with Crippen molar-refractivity contribution in [2.75, 3.05) is 5.32 Å². The molecule has 0 saturated heterocycles. The van der Waals surface area contributed by atoms with E-state index in [4.69, 9.17) is 4.74 Å². The third-order valence-electron chi connectivity index (χ3n) is 4.10. The zero-order chi connectivity index (χ0) is 22.3. The normalized spacial score (nSPS) is 11.3. The SMILES string of the molecule is CC(=O)Nc1ccc(S(=O)(=O)NN=Cc2ccc(OCc3ccccc3F)cc2)cc1. The molecule has 0 heterocycles. The minimum atomic E-state index is -3.85. The number of hydrazone groups is 1. The van der Waals surface area contributed by atoms with Crippen LogP contribution in [-0.4, -0.2) is 20.5 Å². The maximum Gasteiger partial charge on any atom is 0.276 e. The number of carbonyl (C=O) groups is 1. The minimum absolute atomic E-state index is 0.00986. The Morgan fingerprint density at radius 1 is 1.03 bits per heavy atom. The Bertz CT molecular complexity index is 1180. The maximum absolute atomic E-state index is 13.6. The van der Waals surface area contributed by atoms with E-state index in [2.05, 4.69) is 15.2 Å². The van der Waals surface area contributed by atoms with Crippen molar-refractivity contribution in [3.63, 3.8) is 0 Å². The molecule has 0 aliphatic carbocycles. The summed E-state index contributed by atoms with van der Waals surface area (Å²) in [6.07, 6.45) is 1.35. The quantitative estimate of drug-likeness (QED) is 0.412. The lowest BCUT2D eigenvalue weighted by Crippen LogP contribution is -2.18. The van der Waals surface area contributed by atoms with Crippen molar-refractivity contribution < 1.29 is 22.3 Å². The summed E-state index contributed by atoms with van der Waals surface area (Å²) in [6, 6.07) is 18.8. The molecule has 2 N–H and O–H groups in total. The van der Waals surface area contributed by atoms with Gasteiger partial charge in [-0.1, -0.05) is 18.2 Å². The van der Waals surface area contributed by atoms with Crippen molar-refractivity contribution in [2.24, 2.45) is 5.10 Å². The summed E-state index contributed by atoms with van der Waals surface area (Å²) in [4.78, 5) is 13.2. The first-order chi connectivity index (χ1) is 14.8. The Morgan fingerprint density at radius 3 is 2.35 bits per heavy atom. The molecule has 3 aromatic rings. The number of nitrogens with zero attached hydrogens (tertiary/aromatic N) is 1. The van der Waals surface area contributed by atoms with Gasteiger partial charge in [0.2, 0.25) is 5.91 Å². The number of benzene rings is 3. The summed E-state index contributed by atoms with van der Waals surface area (Å²) in [7, 11) is -3.85. The van der Waals surface area contributed by atoms with Gasteiger partial charge in [0.25, 0.3) is 10.0 Å². The molecule has 3 rings (SSSR count). The van der Waals surface area contributed by atoms with E-state index in [1.807, 2.05) is 0 Å². The number of rotatable bonds is 8. The predicted molar refractivity (Wildman–Crippen MR) is 116 cm³/mol. The molecule has 0 bridgehead atoms. The Labute approximate surface area is 179 Å². The average Bonchev–Trinajstić information content (AvgIpc) is 2.74. The first-order valence-electron chi connectivity index (χ1n) is 9.22. The molecule has 0 aliphatic rings. The average molecular weight is 441 g/mol. The van der Waals surface area contributed by atoms with Gasteiger partial charge in [-0.2, -0.15) is 13.5 Å². The van der Waals surface area contributed by atoms with Crippen LogP contribution in [0.15, 0.2) is 82.8 Å². The van der Waals surface area contributed by atoms with Crippen molar-refractivity contribution in [1.29, 1.82) is 0 Å². The Morgan fingerprint density at radius 2 is 1.71 bits per heavy atom. The summed E-state index contributed by atoms with van der Waals surface area (Å²) in [6.45, 7) is 1.46. The number of hydrogen-bond acceptors (Lipinski definition) is 5. The van der Waals surface area contributed by atoms with Crippen molar-refractivity contribution in [3.05, 3.63) is 89.7 Å². The third kappa shape index (κ3) is 6.38. The summed E-state index contributed by atoms with van der Waals surface area (Å²) in [5.41, 5.74) is 1.59. The van der Waals surface area contributed by atoms with Gasteiger partial charge in [-0.15, -0.1) is 0 Å². The molecule has 3 aromatic carbocycles. The number of carbonyl (C=O) groups excluding carboxylic acids is 1. The van der Waals surface area contributed by atoms with E-state index in [-0.39, 0.29) is 23.2 Å². The zero-order valence-corrected chi connectivity index (χ0v) is 17.4. The fraction of sp³-hybridized carbons (Fsp3) is 0.0909. The number of amides is 1. The van der Waals surface area contributed by atoms with E-state index in [1.54, 1.807) is 42.5 Å². The fourth-order valence-corrected chi connectivity index (χ4v) is 3.36. The molecule has 0 aliphatic heterocycles. The summed E-state index contributed by atoms with van der Waals surface area (Å²) in [5, 5.41) is 6.33. The molecule has 9 heteroatoms. The molecule has 0 atom stereocenters. The second-order valence-electron chi connectivity index (χ2n) is 6.51. The Hall–Kier alpha value is -3.72. The first-order valence-corrected chi connectivity index (χ1v) is 10.7. The second-order valence-corrected chi connectivity index (χ2v) is 8.17. The zero-order valence-electron chi connectivity index (χ0n) is 16.6. The maximum atomic E-state index is 13.6. The third-order valence-corrected chi connectivity index (χ3v) is 5.34. The van der Waals surface area contributed by atoms with Gasteiger partial charge in [-0.25, -0.2) is 9.22 Å². The smallest absolute Gasteiger partial charge is 0.276 e. The van der Waals surface area contributed by atoms with Crippen LogP contribution in [0.25, 0.3) is 0 Å². The number of anilines is 1. The van der Waals surface area contributed by atoms with Crippen molar-refractivity contribution in [1.82, 2.24) is 4.83 Å². The van der Waals surface area contributed by atoms with Gasteiger partial charge in [-0.3, -0.25) is 4.79 Å². The fourth-order valence-electron chi connectivity index (χ4n) is 2.57. The molecule has 0 fully saturated rings. The lowest BCUT2D eigenvalue weighted by molar-refractivity contribution is -0.114. The molecular weight excluding hydrogens is 421 g/mol. The number of sulfonamides is 1. The van der Waals surface area contributed by atoms with Gasteiger partial charge in [0.15, 0.2) is 0 Å². The standard InChI is InChI=1S/C22H20FN3O4S/c1-16(27)25-19-8-12-21(13-9-19)31(28,29)26-24-14-17-6-10-20(11-7-17)30-15-18-4-2-3-5-22(18)23/h2-14,26H,15H2,1H3,(H,25,27). The summed E-state index contributed by atoms with van der Waals surface area (Å²) < 4.78 is 43.8. The molecule has 0 unspecified atom stereocenters. The Kier molecular flexibility index (Phi) is 6.99. The first kappa shape index (κ1) is 22.0. The van der Waals surface area contributed by atoms with Crippen LogP contribution in [0, 0.1) is 5.82 Å². The van der Waals surface area contributed by atoms with Crippen LogP contribution in [0.3, 0.4) is 0 Å². The summed E-state index contributed by atoms with van der Waals surface area (Å²) in [5.74, 6) is -0.0366. The van der Waals surface area contributed by atoms with Gasteiger partial charge in [0, 0.05) is 18.2 Å². The van der Waals surface area contributed by atoms with E-state index in [0.29, 0.717) is 22.6 Å². The highest BCUT2D eigenvalue weighted by atomic mass is 32.2. The molecule has 0 aromatic heterocycles. The number of hydrogen-bond donors (Lipinski definition) is 2. The van der Waals surface area contributed by atoms with Crippen LogP contribution in [0.1, 0.15) is 18.1 Å². The summed E-state index contributed by atoms with van der Waals surface area (Å²) >= 11 is 0. The molecule has 7 nitrogen and oxygen atoms in total. The molecule has 31 heavy (non-hydrogen) atoms. The van der Waals surface area contributed by atoms with Crippen LogP contribution in [0.4, 0.5) is 10.1 Å². The second kappa shape index (κ2) is 9.86. The number of halogens is 1. The van der Waals surface area contributed by atoms with E-state index in [0.717, 1.165) is 0 Å². The highest BCUT2D eigenvalue weighted by Crippen LogP contribution is 2.16. The highest BCUT2D eigenvalue weighted by molar-refractivity contribution is 7.89. The topological polar surface area (TPSA) is 96.9 Å². The lowest BCUT2D eigenvalue weighted by Gasteiger charge is -2.07. The molecular formula is C22H20FN3O4S. The van der Waals surface area contributed by atoms with Gasteiger partial charge in [0.05, 0.1) is 11.1 Å². The molecule has 1 amide bonds. The van der Waals surface area contributed by atoms with Gasteiger partial charge < -0.3 is 10.1 Å². The highest BCUT2D eigenvalue weighted by Gasteiger charge is 2.12. The number of ether oxygens (including phenoxy) is 1. The van der Waals surface area contributed by atoms with Crippen molar-refractivity contribution >= 4 is 27.8 Å². The van der Waals surface area contributed by atoms with Crippen LogP contribution in [0.2, 0.25) is 0 Å². The Balaban J connectivity index is 1.56. The van der Waals surface area contributed by atoms with Crippen LogP contribution >= 0.6 is 0 Å². The monoisotopic (exact) mass is 441 g/mol. The predicted octanol–water partition coefficient (Wildman–Crippen LogP) is 3.68. The van der Waals surface area contributed by atoms with Crippen molar-refractivity contribution in [3.8, 4) is 5.75 Å². The largest absolute Gasteiger partial charge is 0.489 e. The van der Waals surface area contributed by atoms with Gasteiger partial charge in [-0.05, 0) is 60.2 Å². The molecule has 0 saturated carbocycles. The lowest BCUT2D eigenvalue weighted by atomic mass is 10.2. The van der Waals surface area contributed by atoms with E-state index >= 15 is 0 Å². The number of nitrogens with one attached hydrogen (secondary N) is 2. The molecule has 0 radical (unpaired) electrons. The molecule has 0 spiro atoms. The van der Waals surface area contributed by atoms with Gasteiger partial charge >= 0.3 is 0 Å². The van der Waals surface area contributed by atoms with E-state index in [1.165, 1.54) is 43.5 Å². The van der Waals surface area contributed by atoms with Crippen LogP contribution in [0.5, 0.6) is 5.75 Å².